The van der Waals surface area contributed by atoms with E-state index in [1.165, 1.54) is 0 Å². The minimum atomic E-state index is -0.196. The molecule has 2 aromatic rings. The van der Waals surface area contributed by atoms with Crippen LogP contribution in [0.25, 0.3) is 0 Å². The highest BCUT2D eigenvalue weighted by atomic mass is 16.5. The largest absolute Gasteiger partial charge is 0.380 e. The summed E-state index contributed by atoms with van der Waals surface area (Å²) in [5, 5.41) is 2.91. The van der Waals surface area contributed by atoms with Crippen LogP contribution in [0.4, 0.5) is 11.4 Å². The lowest BCUT2D eigenvalue weighted by Gasteiger charge is -2.20. The molecule has 0 spiro atoms. The van der Waals surface area contributed by atoms with Gasteiger partial charge in [0.05, 0.1) is 18.0 Å². The third kappa shape index (κ3) is 3.46. The molecule has 2 aromatic carbocycles. The van der Waals surface area contributed by atoms with Gasteiger partial charge >= 0.3 is 0 Å². The monoisotopic (exact) mass is 324 g/mol. The second-order valence-corrected chi connectivity index (χ2v) is 5.75. The molecule has 0 radical (unpaired) electrons. The fourth-order valence-electron chi connectivity index (χ4n) is 2.83. The van der Waals surface area contributed by atoms with Gasteiger partial charge in [0.1, 0.15) is 0 Å². The molecular weight excluding hydrogens is 304 g/mol. The zero-order valence-electron chi connectivity index (χ0n) is 13.6. The van der Waals surface area contributed by atoms with Gasteiger partial charge in [-0.1, -0.05) is 24.3 Å². The number of hydrogen-bond acceptors (Lipinski definition) is 3. The lowest BCUT2D eigenvalue weighted by molar-refractivity contribution is -0.117. The Balaban J connectivity index is 1.78. The molecule has 3 rings (SSSR count). The van der Waals surface area contributed by atoms with Crippen LogP contribution in [0, 0.1) is 0 Å². The highest BCUT2D eigenvalue weighted by molar-refractivity contribution is 6.08. The van der Waals surface area contributed by atoms with Crippen LogP contribution in [0.3, 0.4) is 0 Å². The number of ether oxygens (including phenoxy) is 1. The number of carbonyl (C=O) groups is 2. The topological polar surface area (TPSA) is 58.6 Å². The van der Waals surface area contributed by atoms with Crippen LogP contribution in [0.1, 0.15) is 28.8 Å². The van der Waals surface area contributed by atoms with Crippen molar-refractivity contribution in [2.45, 2.75) is 19.4 Å². The summed E-state index contributed by atoms with van der Waals surface area (Å²) in [6.07, 6.45) is 1.41. The molecule has 0 bridgehead atoms. The predicted molar refractivity (Wildman–Crippen MR) is 93.1 cm³/mol. The van der Waals surface area contributed by atoms with Crippen molar-refractivity contribution < 1.29 is 14.3 Å². The molecule has 0 aromatic heterocycles. The van der Waals surface area contributed by atoms with Gasteiger partial charge in [-0.15, -0.1) is 0 Å². The molecule has 1 aliphatic heterocycles. The van der Waals surface area contributed by atoms with Crippen molar-refractivity contribution in [2.75, 3.05) is 23.9 Å². The zero-order valence-corrected chi connectivity index (χ0v) is 13.6. The van der Waals surface area contributed by atoms with E-state index in [1.807, 2.05) is 36.4 Å². The third-order valence-corrected chi connectivity index (χ3v) is 4.04. The van der Waals surface area contributed by atoms with Gasteiger partial charge in [-0.3, -0.25) is 9.59 Å². The number of para-hydroxylation sites is 2. The van der Waals surface area contributed by atoms with E-state index in [4.69, 9.17) is 4.74 Å². The minimum absolute atomic E-state index is 0.0978. The molecule has 1 heterocycles. The molecule has 24 heavy (non-hydrogen) atoms. The molecule has 0 aliphatic carbocycles. The van der Waals surface area contributed by atoms with Crippen molar-refractivity contribution in [2.24, 2.45) is 0 Å². The van der Waals surface area contributed by atoms with Gasteiger partial charge in [-0.25, -0.2) is 0 Å². The lowest BCUT2D eigenvalue weighted by Crippen LogP contribution is -2.25. The van der Waals surface area contributed by atoms with Crippen molar-refractivity contribution in [1.82, 2.24) is 0 Å². The maximum absolute atomic E-state index is 12.5. The van der Waals surface area contributed by atoms with E-state index in [1.54, 1.807) is 24.1 Å². The summed E-state index contributed by atoms with van der Waals surface area (Å²) in [6, 6.07) is 14.7. The zero-order chi connectivity index (χ0) is 16.9. The Morgan fingerprint density at radius 2 is 1.92 bits per heavy atom. The quantitative estimate of drug-likeness (QED) is 0.919. The fraction of sp³-hybridized carbons (Fsp3) is 0.263. The Kier molecular flexibility index (Phi) is 4.91. The third-order valence-electron chi connectivity index (χ3n) is 4.04. The molecule has 2 amide bonds. The maximum Gasteiger partial charge on any atom is 0.255 e. The molecule has 5 heteroatoms. The molecule has 124 valence electrons. The summed E-state index contributed by atoms with van der Waals surface area (Å²) in [6.45, 7) is 1.21. The van der Waals surface area contributed by atoms with E-state index in [0.717, 1.165) is 17.7 Å². The van der Waals surface area contributed by atoms with E-state index in [9.17, 15) is 9.59 Å². The van der Waals surface area contributed by atoms with Gasteiger partial charge in [0.15, 0.2) is 0 Å². The second-order valence-electron chi connectivity index (χ2n) is 5.75. The van der Waals surface area contributed by atoms with Crippen LogP contribution in [0.5, 0.6) is 0 Å². The van der Waals surface area contributed by atoms with Crippen LogP contribution < -0.4 is 10.2 Å². The molecule has 1 N–H and O–H groups in total. The number of methoxy groups -OCH3 is 1. The maximum atomic E-state index is 12.5. The van der Waals surface area contributed by atoms with E-state index in [-0.39, 0.29) is 11.8 Å². The highest BCUT2D eigenvalue weighted by Gasteiger charge is 2.24. The standard InChI is InChI=1S/C19H20N2O3/c1-24-13-14-8-10-15(11-9-14)19(23)20-16-5-2-3-6-17(16)21-12-4-7-18(21)22/h2-3,5-6,8-11H,4,7,12-13H2,1H3,(H,20,23). The lowest BCUT2D eigenvalue weighted by atomic mass is 10.1. The van der Waals surface area contributed by atoms with E-state index >= 15 is 0 Å². The van der Waals surface area contributed by atoms with Crippen molar-refractivity contribution in [3.63, 3.8) is 0 Å². The molecule has 1 fully saturated rings. The Morgan fingerprint density at radius 3 is 2.58 bits per heavy atom. The fourth-order valence-corrected chi connectivity index (χ4v) is 2.83. The van der Waals surface area contributed by atoms with E-state index in [0.29, 0.717) is 30.8 Å². The van der Waals surface area contributed by atoms with Crippen LogP contribution in [0.2, 0.25) is 0 Å². The van der Waals surface area contributed by atoms with E-state index < -0.39 is 0 Å². The number of nitrogens with one attached hydrogen (secondary N) is 1. The number of nitrogens with zero attached hydrogens (tertiary/aromatic N) is 1. The molecule has 1 aliphatic rings. The summed E-state index contributed by atoms with van der Waals surface area (Å²) < 4.78 is 5.07. The first-order valence-corrected chi connectivity index (χ1v) is 7.97. The Labute approximate surface area is 141 Å². The SMILES string of the molecule is COCc1ccc(C(=O)Nc2ccccc2N2CCCC2=O)cc1. The Bertz CT molecular complexity index is 741. The normalized spacial score (nSPS) is 14.0. The summed E-state index contributed by atoms with van der Waals surface area (Å²) in [4.78, 5) is 26.2. The summed E-state index contributed by atoms with van der Waals surface area (Å²) in [7, 11) is 1.64. The summed E-state index contributed by atoms with van der Waals surface area (Å²) in [5.41, 5.74) is 2.98. The molecule has 0 unspecified atom stereocenters. The Hall–Kier alpha value is -2.66. The first-order valence-electron chi connectivity index (χ1n) is 7.97. The predicted octanol–water partition coefficient (Wildman–Crippen LogP) is 3.21. The van der Waals surface area contributed by atoms with Gasteiger partial charge in [0, 0.05) is 25.6 Å². The molecule has 1 saturated heterocycles. The van der Waals surface area contributed by atoms with Gasteiger partial charge in [0.2, 0.25) is 5.91 Å². The molecular formula is C19H20N2O3. The number of rotatable bonds is 5. The molecule has 5 nitrogen and oxygen atoms in total. The minimum Gasteiger partial charge on any atom is -0.380 e. The molecule has 0 saturated carbocycles. The van der Waals surface area contributed by atoms with Crippen LogP contribution in [-0.4, -0.2) is 25.5 Å². The van der Waals surface area contributed by atoms with Crippen molar-refractivity contribution in [1.29, 1.82) is 0 Å². The summed E-state index contributed by atoms with van der Waals surface area (Å²) in [5.74, 6) is -0.0984. The van der Waals surface area contributed by atoms with Crippen molar-refractivity contribution in [3.05, 3.63) is 59.7 Å². The summed E-state index contributed by atoms with van der Waals surface area (Å²) >= 11 is 0. The van der Waals surface area contributed by atoms with Crippen molar-refractivity contribution >= 4 is 23.2 Å². The van der Waals surface area contributed by atoms with Gasteiger partial charge in [-0.2, -0.15) is 0 Å². The Morgan fingerprint density at radius 1 is 1.17 bits per heavy atom. The smallest absolute Gasteiger partial charge is 0.255 e. The number of benzene rings is 2. The van der Waals surface area contributed by atoms with Gasteiger partial charge in [0.25, 0.3) is 5.91 Å². The van der Waals surface area contributed by atoms with E-state index in [2.05, 4.69) is 5.32 Å². The number of amides is 2. The van der Waals surface area contributed by atoms with Crippen molar-refractivity contribution in [3.8, 4) is 0 Å². The highest BCUT2D eigenvalue weighted by Crippen LogP contribution is 2.29. The van der Waals surface area contributed by atoms with Crippen LogP contribution in [-0.2, 0) is 16.1 Å². The van der Waals surface area contributed by atoms with Gasteiger partial charge < -0.3 is 15.0 Å². The molecule has 0 atom stereocenters. The average Bonchev–Trinajstić information content (AvgIpc) is 3.02. The average molecular weight is 324 g/mol. The van der Waals surface area contributed by atoms with Gasteiger partial charge in [-0.05, 0) is 36.2 Å². The van der Waals surface area contributed by atoms with Crippen LogP contribution in [0.15, 0.2) is 48.5 Å². The second kappa shape index (κ2) is 7.27. The number of hydrogen-bond donors (Lipinski definition) is 1. The van der Waals surface area contributed by atoms with Crippen LogP contribution >= 0.6 is 0 Å². The first-order chi connectivity index (χ1) is 11.7. The number of carbonyl (C=O) groups excluding carboxylic acids is 2. The first kappa shape index (κ1) is 16.2. The number of anilines is 2.